The Bertz CT molecular complexity index is 706. The van der Waals surface area contributed by atoms with E-state index in [1.165, 1.54) is 19.1 Å². The van der Waals surface area contributed by atoms with Gasteiger partial charge in [-0.2, -0.15) is 0 Å². The van der Waals surface area contributed by atoms with Gasteiger partial charge in [0.1, 0.15) is 12.4 Å². The molecule has 0 aliphatic heterocycles. The van der Waals surface area contributed by atoms with E-state index < -0.39 is 11.8 Å². The summed E-state index contributed by atoms with van der Waals surface area (Å²) in [6.45, 7) is 1.49. The molecule has 21 heavy (non-hydrogen) atoms. The van der Waals surface area contributed by atoms with Crippen LogP contribution in [0.3, 0.4) is 0 Å². The van der Waals surface area contributed by atoms with Crippen LogP contribution in [0.5, 0.6) is 0 Å². The molecule has 0 fully saturated rings. The molecule has 0 unspecified atom stereocenters. The van der Waals surface area contributed by atoms with E-state index in [0.29, 0.717) is 21.8 Å². The molecular formula is C15H12BrClFNO2. The summed E-state index contributed by atoms with van der Waals surface area (Å²) < 4.78 is 19.8. The molecule has 2 rings (SSSR count). The smallest absolute Gasteiger partial charge is 0.341 e. The van der Waals surface area contributed by atoms with Gasteiger partial charge in [-0.15, -0.1) is 0 Å². The molecule has 0 saturated heterocycles. The maximum atomic E-state index is 13.9. The monoisotopic (exact) mass is 371 g/mol. The summed E-state index contributed by atoms with van der Waals surface area (Å²) in [6.07, 6.45) is 0. The molecule has 2 aromatic rings. The largest absolute Gasteiger partial charge is 0.457 e. The van der Waals surface area contributed by atoms with Gasteiger partial charge in [0.15, 0.2) is 0 Å². The van der Waals surface area contributed by atoms with Crippen molar-refractivity contribution in [3.63, 3.8) is 0 Å². The van der Waals surface area contributed by atoms with Crippen molar-refractivity contribution in [1.29, 1.82) is 0 Å². The Morgan fingerprint density at radius 2 is 2.10 bits per heavy atom. The van der Waals surface area contributed by atoms with Gasteiger partial charge in [-0.25, -0.2) is 9.18 Å². The first-order valence-electron chi connectivity index (χ1n) is 6.05. The van der Waals surface area contributed by atoms with Crippen LogP contribution in [0.2, 0.25) is 5.02 Å². The molecule has 0 bridgehead atoms. The van der Waals surface area contributed by atoms with Gasteiger partial charge in [0.05, 0.1) is 5.56 Å². The number of hydrogen-bond acceptors (Lipinski definition) is 3. The predicted octanol–water partition coefficient (Wildman–Crippen LogP) is 4.49. The van der Waals surface area contributed by atoms with Crippen LogP contribution in [0.4, 0.5) is 10.1 Å². The van der Waals surface area contributed by atoms with E-state index in [0.717, 1.165) is 4.47 Å². The van der Waals surface area contributed by atoms with E-state index in [2.05, 4.69) is 15.9 Å². The highest BCUT2D eigenvalue weighted by Crippen LogP contribution is 2.23. The first-order chi connectivity index (χ1) is 9.88. The average molecular weight is 373 g/mol. The lowest BCUT2D eigenvalue weighted by atomic mass is 10.1. The van der Waals surface area contributed by atoms with Crippen molar-refractivity contribution in [3.05, 3.63) is 62.3 Å². The van der Waals surface area contributed by atoms with Crippen LogP contribution in [-0.2, 0) is 11.3 Å². The molecule has 0 heterocycles. The van der Waals surface area contributed by atoms with Crippen LogP contribution in [0.25, 0.3) is 0 Å². The summed E-state index contributed by atoms with van der Waals surface area (Å²) in [5.74, 6) is -1.40. The highest BCUT2D eigenvalue weighted by atomic mass is 79.9. The molecule has 6 heteroatoms. The van der Waals surface area contributed by atoms with Crippen LogP contribution < -0.4 is 5.73 Å². The zero-order chi connectivity index (χ0) is 15.6. The van der Waals surface area contributed by atoms with Crippen molar-refractivity contribution in [2.24, 2.45) is 0 Å². The lowest BCUT2D eigenvalue weighted by molar-refractivity contribution is 0.0467. The number of rotatable bonds is 3. The normalized spacial score (nSPS) is 10.5. The van der Waals surface area contributed by atoms with Crippen LogP contribution in [-0.4, -0.2) is 5.97 Å². The van der Waals surface area contributed by atoms with Crippen LogP contribution in [0.15, 0.2) is 34.8 Å². The molecule has 2 aromatic carbocycles. The van der Waals surface area contributed by atoms with Crippen LogP contribution in [0, 0.1) is 12.7 Å². The first kappa shape index (κ1) is 15.8. The van der Waals surface area contributed by atoms with Gasteiger partial charge >= 0.3 is 5.97 Å². The number of aryl methyl sites for hydroxylation is 1. The van der Waals surface area contributed by atoms with E-state index in [4.69, 9.17) is 22.1 Å². The molecule has 2 N–H and O–H groups in total. The van der Waals surface area contributed by atoms with E-state index in [1.54, 1.807) is 18.2 Å². The van der Waals surface area contributed by atoms with Crippen molar-refractivity contribution < 1.29 is 13.9 Å². The van der Waals surface area contributed by atoms with Gasteiger partial charge in [-0.05, 0) is 36.8 Å². The number of carbonyl (C=O) groups excluding carboxylic acids is 1. The van der Waals surface area contributed by atoms with E-state index in [1.807, 2.05) is 0 Å². The molecule has 0 saturated carbocycles. The number of anilines is 1. The van der Waals surface area contributed by atoms with Gasteiger partial charge in [-0.1, -0.05) is 33.6 Å². The predicted molar refractivity (Wildman–Crippen MR) is 83.8 cm³/mol. The fraction of sp³-hybridized carbons (Fsp3) is 0.133. The lowest BCUT2D eigenvalue weighted by Crippen LogP contribution is -2.09. The molecular weight excluding hydrogens is 361 g/mol. The number of carbonyl (C=O) groups is 1. The van der Waals surface area contributed by atoms with Crippen molar-refractivity contribution in [2.75, 3.05) is 5.73 Å². The van der Waals surface area contributed by atoms with Crippen molar-refractivity contribution in [2.45, 2.75) is 13.5 Å². The maximum absolute atomic E-state index is 13.9. The molecule has 0 aromatic heterocycles. The fourth-order valence-corrected chi connectivity index (χ4v) is 2.53. The maximum Gasteiger partial charge on any atom is 0.341 e. The fourth-order valence-electron chi connectivity index (χ4n) is 1.81. The zero-order valence-corrected chi connectivity index (χ0v) is 13.5. The van der Waals surface area contributed by atoms with Crippen LogP contribution >= 0.6 is 27.5 Å². The van der Waals surface area contributed by atoms with E-state index in [-0.39, 0.29) is 12.2 Å². The quantitative estimate of drug-likeness (QED) is 0.638. The summed E-state index contributed by atoms with van der Waals surface area (Å²) in [6, 6.07) is 7.91. The van der Waals surface area contributed by atoms with Crippen molar-refractivity contribution in [1.82, 2.24) is 0 Å². The molecule has 0 spiro atoms. The number of ether oxygens (including phenoxy) is 1. The number of benzene rings is 2. The minimum atomic E-state index is -0.776. The third kappa shape index (κ3) is 3.74. The molecule has 0 aliphatic rings. The van der Waals surface area contributed by atoms with Crippen molar-refractivity contribution >= 4 is 39.2 Å². The molecule has 0 aliphatic carbocycles. The molecule has 3 nitrogen and oxygen atoms in total. The Kier molecular flexibility index (Phi) is 4.85. The summed E-state index contributed by atoms with van der Waals surface area (Å²) in [5.41, 5.74) is 6.67. The van der Waals surface area contributed by atoms with E-state index in [9.17, 15) is 9.18 Å². The second kappa shape index (κ2) is 6.45. The number of hydrogen-bond donors (Lipinski definition) is 1. The Morgan fingerprint density at radius 3 is 2.76 bits per heavy atom. The number of halogens is 3. The second-order valence-corrected chi connectivity index (χ2v) is 5.83. The molecule has 0 atom stereocenters. The summed E-state index contributed by atoms with van der Waals surface area (Å²) in [5, 5.41) is 0.460. The second-order valence-electron chi connectivity index (χ2n) is 4.51. The lowest BCUT2D eigenvalue weighted by Gasteiger charge is -2.09. The van der Waals surface area contributed by atoms with Gasteiger partial charge in [-0.3, -0.25) is 0 Å². The number of nitrogens with two attached hydrogens (primary N) is 1. The highest BCUT2D eigenvalue weighted by molar-refractivity contribution is 9.10. The molecule has 110 valence electrons. The summed E-state index contributed by atoms with van der Waals surface area (Å²) >= 11 is 9.31. The highest BCUT2D eigenvalue weighted by Gasteiger charge is 2.16. The third-order valence-electron chi connectivity index (χ3n) is 2.87. The van der Waals surface area contributed by atoms with Gasteiger partial charge < -0.3 is 10.5 Å². The molecule has 0 radical (unpaired) electrons. The van der Waals surface area contributed by atoms with Gasteiger partial charge in [0.2, 0.25) is 0 Å². The van der Waals surface area contributed by atoms with Crippen molar-refractivity contribution in [3.8, 4) is 0 Å². The van der Waals surface area contributed by atoms with E-state index >= 15 is 0 Å². The topological polar surface area (TPSA) is 52.3 Å². The Hall–Kier alpha value is -1.59. The van der Waals surface area contributed by atoms with Gasteiger partial charge in [0, 0.05) is 20.7 Å². The minimum absolute atomic E-state index is 0.0434. The SMILES string of the molecule is Cc1cc(N)cc(C(=O)OCc2ccc(Br)cc2Cl)c1F. The van der Waals surface area contributed by atoms with Crippen LogP contribution in [0.1, 0.15) is 21.5 Å². The first-order valence-corrected chi connectivity index (χ1v) is 7.22. The Labute approximate surface area is 135 Å². The number of esters is 1. The minimum Gasteiger partial charge on any atom is -0.457 e. The summed E-state index contributed by atoms with van der Waals surface area (Å²) in [4.78, 5) is 12.0. The standard InChI is InChI=1S/C15H12BrClFNO2/c1-8-4-11(19)6-12(14(8)18)15(20)21-7-9-2-3-10(16)5-13(9)17/h2-6H,7,19H2,1H3. The van der Waals surface area contributed by atoms with Gasteiger partial charge in [0.25, 0.3) is 0 Å². The summed E-state index contributed by atoms with van der Waals surface area (Å²) in [7, 11) is 0. The Balaban J connectivity index is 2.15. The third-order valence-corrected chi connectivity index (χ3v) is 3.72. The Morgan fingerprint density at radius 1 is 1.38 bits per heavy atom. The molecule has 0 amide bonds. The zero-order valence-electron chi connectivity index (χ0n) is 11.1. The average Bonchev–Trinajstić information content (AvgIpc) is 2.41. The number of nitrogen functional groups attached to an aromatic ring is 1.